The molecule has 0 spiro atoms. The lowest BCUT2D eigenvalue weighted by Gasteiger charge is -2.23. The molecule has 0 fully saturated rings. The molecular weight excluding hydrogens is 490 g/mol. The largest absolute Gasteiger partial charge is 0.366 e. The normalized spacial score (nSPS) is 14.9. The van der Waals surface area contributed by atoms with Crippen molar-refractivity contribution in [3.8, 4) is 11.1 Å². The molecule has 3 amide bonds. The van der Waals surface area contributed by atoms with Gasteiger partial charge in [-0.3, -0.25) is 19.4 Å². The van der Waals surface area contributed by atoms with Crippen LogP contribution in [0, 0.1) is 11.6 Å². The maximum absolute atomic E-state index is 14.3. The van der Waals surface area contributed by atoms with E-state index in [9.17, 15) is 23.2 Å². The van der Waals surface area contributed by atoms with Gasteiger partial charge in [0.05, 0.1) is 17.7 Å². The Hall–Kier alpha value is -4.92. The van der Waals surface area contributed by atoms with Crippen LogP contribution in [0.2, 0.25) is 0 Å². The number of pyridine rings is 1. The zero-order chi connectivity index (χ0) is 26.8. The lowest BCUT2D eigenvalue weighted by Crippen LogP contribution is -2.32. The molecule has 1 aliphatic rings. The van der Waals surface area contributed by atoms with Crippen molar-refractivity contribution in [2.45, 2.75) is 18.4 Å². The summed E-state index contributed by atoms with van der Waals surface area (Å²) in [4.78, 5) is 42.1. The molecule has 0 bridgehead atoms. The van der Waals surface area contributed by atoms with E-state index in [-0.39, 0.29) is 23.5 Å². The number of fused-ring (bicyclic) bond motifs is 1. The second-order valence-corrected chi connectivity index (χ2v) is 8.92. The van der Waals surface area contributed by atoms with Crippen LogP contribution < -0.4 is 16.4 Å². The highest BCUT2D eigenvalue weighted by molar-refractivity contribution is 6.05. The van der Waals surface area contributed by atoms with Crippen LogP contribution in [-0.4, -0.2) is 22.7 Å². The van der Waals surface area contributed by atoms with Crippen LogP contribution >= 0.6 is 0 Å². The maximum atomic E-state index is 14.3. The summed E-state index contributed by atoms with van der Waals surface area (Å²) >= 11 is 0. The fraction of sp³-hybridized carbons (Fsp3) is 0.103. The van der Waals surface area contributed by atoms with Crippen LogP contribution in [0.25, 0.3) is 11.1 Å². The summed E-state index contributed by atoms with van der Waals surface area (Å²) in [5.41, 5.74) is 8.56. The average Bonchev–Trinajstić information content (AvgIpc) is 3.21. The number of nitrogens with zero attached hydrogens (tertiary/aromatic N) is 1. The number of nitrogens with one attached hydrogen (secondary N) is 2. The van der Waals surface area contributed by atoms with Crippen molar-refractivity contribution in [2.75, 3.05) is 5.32 Å². The van der Waals surface area contributed by atoms with Gasteiger partial charge < -0.3 is 16.4 Å². The lowest BCUT2D eigenvalue weighted by molar-refractivity contribution is -0.125. The van der Waals surface area contributed by atoms with Crippen LogP contribution in [0.5, 0.6) is 0 Å². The molecule has 0 aliphatic carbocycles. The Kier molecular flexibility index (Phi) is 6.66. The fourth-order valence-electron chi connectivity index (χ4n) is 4.67. The molecular formula is C29H22F2N4O3. The van der Waals surface area contributed by atoms with Gasteiger partial charge in [-0.1, -0.05) is 36.4 Å². The first-order valence-electron chi connectivity index (χ1n) is 11.8. The van der Waals surface area contributed by atoms with Gasteiger partial charge in [0, 0.05) is 35.5 Å². The molecule has 4 N–H and O–H groups in total. The highest BCUT2D eigenvalue weighted by Gasteiger charge is 2.33. The average molecular weight is 513 g/mol. The number of benzene rings is 3. The van der Waals surface area contributed by atoms with Crippen LogP contribution in [0.1, 0.15) is 45.6 Å². The smallest absolute Gasteiger partial charge is 0.248 e. The predicted molar refractivity (Wildman–Crippen MR) is 137 cm³/mol. The molecule has 3 aromatic carbocycles. The topological polar surface area (TPSA) is 114 Å². The Balaban J connectivity index is 1.54. The van der Waals surface area contributed by atoms with Crippen LogP contribution in [0.15, 0.2) is 85.1 Å². The summed E-state index contributed by atoms with van der Waals surface area (Å²) in [7, 11) is 0. The molecule has 0 saturated carbocycles. The number of aromatic nitrogens is 1. The molecule has 1 aromatic heterocycles. The van der Waals surface area contributed by atoms with Crippen molar-refractivity contribution in [1.29, 1.82) is 0 Å². The van der Waals surface area contributed by atoms with E-state index in [1.165, 1.54) is 6.20 Å². The van der Waals surface area contributed by atoms with Crippen molar-refractivity contribution in [1.82, 2.24) is 10.3 Å². The number of carbonyl (C=O) groups excluding carboxylic acids is 3. The molecule has 5 rings (SSSR count). The molecule has 0 unspecified atom stereocenters. The van der Waals surface area contributed by atoms with E-state index in [1.807, 2.05) is 0 Å². The van der Waals surface area contributed by atoms with Crippen molar-refractivity contribution in [2.24, 2.45) is 5.73 Å². The van der Waals surface area contributed by atoms with E-state index in [0.29, 0.717) is 28.1 Å². The Morgan fingerprint density at radius 1 is 0.974 bits per heavy atom. The summed E-state index contributed by atoms with van der Waals surface area (Å²) in [6.07, 6.45) is 1.31. The minimum Gasteiger partial charge on any atom is -0.366 e. The number of hydrogen-bond donors (Lipinski definition) is 3. The summed E-state index contributed by atoms with van der Waals surface area (Å²) in [6.45, 7) is 0. The van der Waals surface area contributed by atoms with Crippen molar-refractivity contribution in [3.05, 3.63) is 119 Å². The quantitative estimate of drug-likeness (QED) is 0.339. The third-order valence-corrected chi connectivity index (χ3v) is 6.39. The first-order valence-corrected chi connectivity index (χ1v) is 11.8. The van der Waals surface area contributed by atoms with Gasteiger partial charge in [-0.25, -0.2) is 8.78 Å². The molecule has 190 valence electrons. The molecule has 1 aliphatic heterocycles. The number of anilines is 1. The Bertz CT molecular complexity index is 1550. The number of amides is 3. The summed E-state index contributed by atoms with van der Waals surface area (Å²) < 4.78 is 28.5. The summed E-state index contributed by atoms with van der Waals surface area (Å²) in [5.74, 6) is -3.81. The van der Waals surface area contributed by atoms with Gasteiger partial charge in [0.15, 0.2) is 0 Å². The Morgan fingerprint density at radius 2 is 1.74 bits per heavy atom. The minimum atomic E-state index is -1.07. The highest BCUT2D eigenvalue weighted by atomic mass is 19.1. The van der Waals surface area contributed by atoms with Gasteiger partial charge in [0.1, 0.15) is 11.6 Å². The van der Waals surface area contributed by atoms with Gasteiger partial charge in [0.2, 0.25) is 17.7 Å². The number of hydrogen-bond acceptors (Lipinski definition) is 4. The van der Waals surface area contributed by atoms with E-state index in [2.05, 4.69) is 15.6 Å². The molecule has 2 atom stereocenters. The van der Waals surface area contributed by atoms with Crippen molar-refractivity contribution < 1.29 is 23.2 Å². The number of primary amides is 1. The third kappa shape index (κ3) is 4.99. The SMILES string of the molecule is NC(=O)c1cccc(-c2cccnc2[C@@H](NC(=O)C[C@H]2C(=O)Nc3ccccc32)c2cc(F)cc(F)c2)c1. The van der Waals surface area contributed by atoms with Gasteiger partial charge in [-0.2, -0.15) is 0 Å². The third-order valence-electron chi connectivity index (χ3n) is 6.39. The lowest BCUT2D eigenvalue weighted by atomic mass is 9.93. The number of halogens is 2. The van der Waals surface area contributed by atoms with E-state index >= 15 is 0 Å². The number of rotatable bonds is 7. The van der Waals surface area contributed by atoms with E-state index in [4.69, 9.17) is 5.73 Å². The van der Waals surface area contributed by atoms with Gasteiger partial charge in [-0.15, -0.1) is 0 Å². The van der Waals surface area contributed by atoms with Gasteiger partial charge >= 0.3 is 0 Å². The molecule has 9 heteroatoms. The summed E-state index contributed by atoms with van der Waals surface area (Å²) in [5, 5.41) is 5.58. The highest BCUT2D eigenvalue weighted by Crippen LogP contribution is 2.36. The molecule has 7 nitrogen and oxygen atoms in total. The first-order chi connectivity index (χ1) is 18.3. The van der Waals surface area contributed by atoms with Crippen LogP contribution in [0.4, 0.5) is 14.5 Å². The molecule has 0 saturated heterocycles. The monoisotopic (exact) mass is 512 g/mol. The minimum absolute atomic E-state index is 0.123. The van der Waals surface area contributed by atoms with Crippen molar-refractivity contribution >= 4 is 23.4 Å². The first kappa shape index (κ1) is 24.8. The number of para-hydroxylation sites is 1. The standard InChI is InChI=1S/C29H22F2N4O3/c30-19-12-18(13-20(31)14-19)26(35-25(36)15-23-22-7-1-2-9-24(22)34-29(23)38)27-21(8-4-10-33-27)16-5-3-6-17(11-16)28(32)37/h1-14,23,26H,15H2,(H2,32,37)(H,34,38)(H,35,36)/t23-,26+/m1/s1. The second kappa shape index (κ2) is 10.2. The Morgan fingerprint density at radius 3 is 2.50 bits per heavy atom. The zero-order valence-electron chi connectivity index (χ0n) is 19.9. The predicted octanol–water partition coefficient (Wildman–Crippen LogP) is 4.46. The van der Waals surface area contributed by atoms with E-state index in [0.717, 1.165) is 18.2 Å². The fourth-order valence-corrected chi connectivity index (χ4v) is 4.67. The number of carbonyl (C=O) groups is 3. The molecule has 0 radical (unpaired) electrons. The summed E-state index contributed by atoms with van der Waals surface area (Å²) in [6, 6.07) is 18.9. The molecule has 2 heterocycles. The maximum Gasteiger partial charge on any atom is 0.248 e. The van der Waals surface area contributed by atoms with E-state index in [1.54, 1.807) is 60.7 Å². The van der Waals surface area contributed by atoms with E-state index < -0.39 is 35.4 Å². The van der Waals surface area contributed by atoms with Gasteiger partial charge in [-0.05, 0) is 53.1 Å². The van der Waals surface area contributed by atoms with Crippen LogP contribution in [-0.2, 0) is 9.59 Å². The molecule has 38 heavy (non-hydrogen) atoms. The Labute approximate surface area is 216 Å². The van der Waals surface area contributed by atoms with Crippen molar-refractivity contribution in [3.63, 3.8) is 0 Å². The number of nitrogens with two attached hydrogens (primary N) is 1. The second-order valence-electron chi connectivity index (χ2n) is 8.92. The van der Waals surface area contributed by atoms with Gasteiger partial charge in [0.25, 0.3) is 0 Å². The van der Waals surface area contributed by atoms with Crippen LogP contribution in [0.3, 0.4) is 0 Å². The zero-order valence-corrected chi connectivity index (χ0v) is 19.9. The molecule has 4 aromatic rings.